The second kappa shape index (κ2) is 14.5. The van der Waals surface area contributed by atoms with Gasteiger partial charge in [0.1, 0.15) is 24.2 Å². The third-order valence-electron chi connectivity index (χ3n) is 7.68. The number of rotatable bonds is 13. The Labute approximate surface area is 253 Å². The van der Waals surface area contributed by atoms with Crippen LogP contribution in [0.3, 0.4) is 0 Å². The molecular formula is C33H40FN3O5S. The molecule has 1 aliphatic rings. The first kappa shape index (κ1) is 32.0. The molecule has 4 rings (SSSR count). The fraction of sp³-hybridized carbons (Fsp3) is 0.394. The van der Waals surface area contributed by atoms with Gasteiger partial charge in [0, 0.05) is 12.6 Å². The van der Waals surface area contributed by atoms with Gasteiger partial charge in [-0.3, -0.25) is 13.9 Å². The minimum atomic E-state index is -4.18. The van der Waals surface area contributed by atoms with Crippen molar-refractivity contribution in [2.45, 2.75) is 76.4 Å². The molecular weight excluding hydrogens is 569 g/mol. The van der Waals surface area contributed by atoms with Gasteiger partial charge in [-0.2, -0.15) is 0 Å². The van der Waals surface area contributed by atoms with E-state index in [-0.39, 0.29) is 29.1 Å². The fourth-order valence-corrected chi connectivity index (χ4v) is 6.73. The van der Waals surface area contributed by atoms with Crippen LogP contribution >= 0.6 is 0 Å². The lowest BCUT2D eigenvalue weighted by Crippen LogP contribution is -2.53. The number of aryl methyl sites for hydroxylation is 1. The molecule has 0 saturated heterocycles. The van der Waals surface area contributed by atoms with Crippen LogP contribution in [-0.4, -0.2) is 50.4 Å². The predicted octanol–water partition coefficient (Wildman–Crippen LogP) is 5.59. The summed E-state index contributed by atoms with van der Waals surface area (Å²) in [5.74, 6) is -0.683. The molecule has 230 valence electrons. The maximum Gasteiger partial charge on any atom is 0.264 e. The first-order valence-electron chi connectivity index (χ1n) is 14.8. The summed E-state index contributed by atoms with van der Waals surface area (Å²) in [4.78, 5) is 29.1. The zero-order valence-corrected chi connectivity index (χ0v) is 25.8. The monoisotopic (exact) mass is 609 g/mol. The number of carbonyl (C=O) groups excluding carboxylic acids is 2. The average molecular weight is 610 g/mol. The molecule has 3 aromatic rings. The van der Waals surface area contributed by atoms with Crippen LogP contribution in [-0.2, 0) is 26.2 Å². The van der Waals surface area contributed by atoms with E-state index in [9.17, 15) is 22.4 Å². The van der Waals surface area contributed by atoms with Crippen LogP contribution < -0.4 is 14.4 Å². The van der Waals surface area contributed by atoms with Gasteiger partial charge < -0.3 is 15.0 Å². The number of benzene rings is 3. The molecule has 1 N–H and O–H groups in total. The Bertz CT molecular complexity index is 1470. The van der Waals surface area contributed by atoms with Crippen molar-refractivity contribution in [2.75, 3.05) is 17.5 Å². The van der Waals surface area contributed by atoms with E-state index in [0.717, 1.165) is 35.6 Å². The Morgan fingerprint density at radius 1 is 0.953 bits per heavy atom. The van der Waals surface area contributed by atoms with Crippen LogP contribution in [0.5, 0.6) is 5.75 Å². The van der Waals surface area contributed by atoms with E-state index < -0.39 is 34.3 Å². The third-order valence-corrected chi connectivity index (χ3v) is 9.47. The molecule has 0 aromatic heterocycles. The van der Waals surface area contributed by atoms with Gasteiger partial charge in [-0.25, -0.2) is 12.8 Å². The summed E-state index contributed by atoms with van der Waals surface area (Å²) >= 11 is 0. The molecule has 0 heterocycles. The normalized spacial score (nSPS) is 14.2. The molecule has 1 aliphatic carbocycles. The van der Waals surface area contributed by atoms with E-state index in [1.165, 1.54) is 29.2 Å². The number of anilines is 1. The van der Waals surface area contributed by atoms with Gasteiger partial charge in [0.15, 0.2) is 0 Å². The summed E-state index contributed by atoms with van der Waals surface area (Å²) in [6, 6.07) is 17.8. The van der Waals surface area contributed by atoms with Crippen LogP contribution in [0.25, 0.3) is 0 Å². The first-order chi connectivity index (χ1) is 20.6. The summed E-state index contributed by atoms with van der Waals surface area (Å²) in [6.45, 7) is 5.44. The lowest BCUT2D eigenvalue weighted by Gasteiger charge is -2.33. The molecule has 1 fully saturated rings. The van der Waals surface area contributed by atoms with Gasteiger partial charge in [-0.05, 0) is 87.2 Å². The first-order valence-corrected chi connectivity index (χ1v) is 16.2. The van der Waals surface area contributed by atoms with Crippen LogP contribution in [0.15, 0.2) is 77.7 Å². The molecule has 0 radical (unpaired) electrons. The molecule has 10 heteroatoms. The lowest BCUT2D eigenvalue weighted by molar-refractivity contribution is -0.140. The van der Waals surface area contributed by atoms with E-state index in [0.29, 0.717) is 24.3 Å². The number of hydrogen-bond acceptors (Lipinski definition) is 5. The molecule has 0 aliphatic heterocycles. The summed E-state index contributed by atoms with van der Waals surface area (Å²) in [5.41, 5.74) is 1.80. The maximum atomic E-state index is 14.2. The fourth-order valence-electron chi connectivity index (χ4n) is 5.32. The van der Waals surface area contributed by atoms with Crippen molar-refractivity contribution < 1.29 is 27.1 Å². The van der Waals surface area contributed by atoms with Crippen LogP contribution in [0.2, 0.25) is 0 Å². The van der Waals surface area contributed by atoms with Gasteiger partial charge >= 0.3 is 0 Å². The van der Waals surface area contributed by atoms with Crippen LogP contribution in [0.4, 0.5) is 10.1 Å². The minimum Gasteiger partial charge on any atom is -0.494 e. The predicted molar refractivity (Wildman–Crippen MR) is 165 cm³/mol. The summed E-state index contributed by atoms with van der Waals surface area (Å²) in [6.07, 6.45) is 4.16. The number of nitrogens with one attached hydrogen (secondary N) is 1. The largest absolute Gasteiger partial charge is 0.494 e. The standard InChI is InChI=1S/C33H40FN3O5S/c1-4-31(33(39)35-27-8-6-7-9-27)36(22-25-12-14-26(34)15-13-25)32(38)23-37(28-16-18-29(19-17-28)42-5-2)43(40,41)30-20-10-24(3)11-21-30/h10-21,27,31H,4-9,22-23H2,1-3H3,(H,35,39)/t31-/m0/s1. The lowest BCUT2D eigenvalue weighted by atomic mass is 10.1. The van der Waals surface area contributed by atoms with E-state index in [1.807, 2.05) is 20.8 Å². The molecule has 8 nitrogen and oxygen atoms in total. The highest BCUT2D eigenvalue weighted by Gasteiger charge is 2.34. The quantitative estimate of drug-likeness (QED) is 0.273. The van der Waals surface area contributed by atoms with Gasteiger partial charge in [0.25, 0.3) is 10.0 Å². The molecule has 1 saturated carbocycles. The second-order valence-electron chi connectivity index (χ2n) is 10.8. The number of halogens is 1. The minimum absolute atomic E-state index is 0.0113. The zero-order chi connectivity index (χ0) is 31.0. The van der Waals surface area contributed by atoms with Crippen LogP contribution in [0.1, 0.15) is 57.1 Å². The molecule has 0 spiro atoms. The number of hydrogen-bond donors (Lipinski definition) is 1. The second-order valence-corrected chi connectivity index (χ2v) is 12.7. The average Bonchev–Trinajstić information content (AvgIpc) is 3.50. The molecule has 3 aromatic carbocycles. The van der Waals surface area contributed by atoms with Gasteiger partial charge in [-0.1, -0.05) is 49.6 Å². The molecule has 0 unspecified atom stereocenters. The number of nitrogens with zero attached hydrogens (tertiary/aromatic N) is 2. The smallest absolute Gasteiger partial charge is 0.264 e. The molecule has 1 atom stereocenters. The Kier molecular flexibility index (Phi) is 10.8. The Morgan fingerprint density at radius 2 is 1.58 bits per heavy atom. The molecule has 2 amide bonds. The van der Waals surface area contributed by atoms with Gasteiger partial charge in [-0.15, -0.1) is 0 Å². The molecule has 0 bridgehead atoms. The van der Waals surface area contributed by atoms with E-state index in [1.54, 1.807) is 48.5 Å². The van der Waals surface area contributed by atoms with Crippen molar-refractivity contribution in [3.05, 3.63) is 89.7 Å². The number of sulfonamides is 1. The zero-order valence-electron chi connectivity index (χ0n) is 25.0. The number of carbonyl (C=O) groups is 2. The highest BCUT2D eigenvalue weighted by molar-refractivity contribution is 7.92. The maximum absolute atomic E-state index is 14.2. The van der Waals surface area contributed by atoms with Crippen molar-refractivity contribution in [1.29, 1.82) is 0 Å². The van der Waals surface area contributed by atoms with E-state index >= 15 is 0 Å². The molecule has 43 heavy (non-hydrogen) atoms. The van der Waals surface area contributed by atoms with Gasteiger partial charge in [0.2, 0.25) is 11.8 Å². The van der Waals surface area contributed by atoms with Crippen molar-refractivity contribution >= 4 is 27.5 Å². The van der Waals surface area contributed by atoms with Crippen molar-refractivity contribution in [1.82, 2.24) is 10.2 Å². The van der Waals surface area contributed by atoms with Crippen LogP contribution in [0, 0.1) is 12.7 Å². The van der Waals surface area contributed by atoms with Crippen molar-refractivity contribution in [3.63, 3.8) is 0 Å². The summed E-state index contributed by atoms with van der Waals surface area (Å²) < 4.78 is 48.3. The van der Waals surface area contributed by atoms with Gasteiger partial charge in [0.05, 0.1) is 17.2 Å². The van der Waals surface area contributed by atoms with Crippen molar-refractivity contribution in [3.8, 4) is 5.75 Å². The van der Waals surface area contributed by atoms with E-state index in [4.69, 9.17) is 4.74 Å². The highest BCUT2D eigenvalue weighted by Crippen LogP contribution is 2.27. The Morgan fingerprint density at radius 3 is 2.16 bits per heavy atom. The van der Waals surface area contributed by atoms with Crippen molar-refractivity contribution in [2.24, 2.45) is 0 Å². The highest BCUT2D eigenvalue weighted by atomic mass is 32.2. The number of amides is 2. The van der Waals surface area contributed by atoms with E-state index in [2.05, 4.69) is 5.32 Å². The summed E-state index contributed by atoms with van der Waals surface area (Å²) in [5, 5.41) is 3.09. The SMILES string of the molecule is CCOc1ccc(N(CC(=O)N(Cc2ccc(F)cc2)[C@@H](CC)C(=O)NC2CCCC2)S(=O)(=O)c2ccc(C)cc2)cc1. The topological polar surface area (TPSA) is 96.0 Å². The Hall–Kier alpha value is -3.92. The number of ether oxygens (including phenoxy) is 1. The third kappa shape index (κ3) is 8.13. The Balaban J connectivity index is 1.71. The summed E-state index contributed by atoms with van der Waals surface area (Å²) in [7, 11) is -4.18.